The van der Waals surface area contributed by atoms with Gasteiger partial charge in [-0.25, -0.2) is 0 Å². The van der Waals surface area contributed by atoms with Crippen LogP contribution in [0.1, 0.15) is 30.9 Å². The third-order valence-corrected chi connectivity index (χ3v) is 4.00. The molecule has 0 atom stereocenters. The summed E-state index contributed by atoms with van der Waals surface area (Å²) < 4.78 is 16.1. The Morgan fingerprint density at radius 2 is 1.69 bits per heavy atom. The van der Waals surface area contributed by atoms with Gasteiger partial charge in [0.2, 0.25) is 5.91 Å². The monoisotopic (exact) mass is 357 g/mol. The smallest absolute Gasteiger partial charge is 0.224 e. The van der Waals surface area contributed by atoms with Gasteiger partial charge < -0.3 is 19.5 Å². The number of amides is 1. The molecule has 2 aromatic carbocycles. The van der Waals surface area contributed by atoms with Crippen LogP contribution in [0.3, 0.4) is 0 Å². The van der Waals surface area contributed by atoms with E-state index in [0.29, 0.717) is 19.4 Å². The SMILES string of the molecule is CCCOc1ccc(NC(=O)CCc2cc(OC)cc(OC)c2)c(C)c1. The van der Waals surface area contributed by atoms with Crippen LogP contribution in [-0.4, -0.2) is 26.7 Å². The van der Waals surface area contributed by atoms with Crippen LogP contribution >= 0.6 is 0 Å². The first-order valence-electron chi connectivity index (χ1n) is 8.81. The summed E-state index contributed by atoms with van der Waals surface area (Å²) in [4.78, 5) is 12.3. The van der Waals surface area contributed by atoms with E-state index in [9.17, 15) is 4.79 Å². The summed E-state index contributed by atoms with van der Waals surface area (Å²) in [6.07, 6.45) is 1.95. The molecule has 0 unspecified atom stereocenters. The van der Waals surface area contributed by atoms with Crippen molar-refractivity contribution in [1.29, 1.82) is 0 Å². The van der Waals surface area contributed by atoms with E-state index in [4.69, 9.17) is 14.2 Å². The third-order valence-electron chi connectivity index (χ3n) is 4.00. The predicted molar refractivity (Wildman–Crippen MR) is 103 cm³/mol. The van der Waals surface area contributed by atoms with E-state index in [1.54, 1.807) is 14.2 Å². The molecule has 0 saturated carbocycles. The summed E-state index contributed by atoms with van der Waals surface area (Å²) >= 11 is 0. The Morgan fingerprint density at radius 3 is 2.27 bits per heavy atom. The van der Waals surface area contributed by atoms with Gasteiger partial charge in [0.1, 0.15) is 17.2 Å². The Kier molecular flexibility index (Phi) is 7.33. The zero-order chi connectivity index (χ0) is 18.9. The summed E-state index contributed by atoms with van der Waals surface area (Å²) in [5.41, 5.74) is 2.79. The fourth-order valence-corrected chi connectivity index (χ4v) is 2.57. The fourth-order valence-electron chi connectivity index (χ4n) is 2.57. The largest absolute Gasteiger partial charge is 0.497 e. The van der Waals surface area contributed by atoms with Crippen molar-refractivity contribution in [2.75, 3.05) is 26.1 Å². The number of aryl methyl sites for hydroxylation is 2. The van der Waals surface area contributed by atoms with E-state index < -0.39 is 0 Å². The molecule has 0 aliphatic carbocycles. The summed E-state index contributed by atoms with van der Waals surface area (Å²) in [6.45, 7) is 4.72. The molecule has 26 heavy (non-hydrogen) atoms. The first kappa shape index (κ1) is 19.6. The number of carbonyl (C=O) groups excluding carboxylic acids is 1. The highest BCUT2D eigenvalue weighted by Crippen LogP contribution is 2.24. The van der Waals surface area contributed by atoms with Gasteiger partial charge in [-0.2, -0.15) is 0 Å². The average molecular weight is 357 g/mol. The number of carbonyl (C=O) groups is 1. The molecular formula is C21H27NO4. The molecule has 0 aliphatic rings. The minimum atomic E-state index is -0.0305. The molecule has 2 rings (SSSR count). The predicted octanol–water partition coefficient (Wildman–Crippen LogP) is 4.37. The Labute approximate surface area is 155 Å². The van der Waals surface area contributed by atoms with E-state index in [2.05, 4.69) is 12.2 Å². The molecule has 1 amide bonds. The average Bonchev–Trinajstić information content (AvgIpc) is 2.66. The van der Waals surface area contributed by atoms with Gasteiger partial charge in [-0.05, 0) is 61.2 Å². The first-order valence-corrected chi connectivity index (χ1v) is 8.81. The summed E-state index contributed by atoms with van der Waals surface area (Å²) in [5.74, 6) is 2.24. The number of nitrogens with one attached hydrogen (secondary N) is 1. The lowest BCUT2D eigenvalue weighted by molar-refractivity contribution is -0.116. The molecule has 0 aromatic heterocycles. The van der Waals surface area contributed by atoms with Crippen molar-refractivity contribution in [3.05, 3.63) is 47.5 Å². The highest BCUT2D eigenvalue weighted by atomic mass is 16.5. The highest BCUT2D eigenvalue weighted by Gasteiger charge is 2.08. The molecule has 0 aliphatic heterocycles. The molecule has 0 radical (unpaired) electrons. The fraction of sp³-hybridized carbons (Fsp3) is 0.381. The number of rotatable bonds is 9. The number of methoxy groups -OCH3 is 2. The Bertz CT molecular complexity index is 721. The Morgan fingerprint density at radius 1 is 1.00 bits per heavy atom. The minimum absolute atomic E-state index is 0.0305. The van der Waals surface area contributed by atoms with Gasteiger partial charge in [0, 0.05) is 18.2 Å². The van der Waals surface area contributed by atoms with Crippen molar-refractivity contribution in [2.45, 2.75) is 33.1 Å². The van der Waals surface area contributed by atoms with E-state index >= 15 is 0 Å². The van der Waals surface area contributed by atoms with E-state index in [1.165, 1.54) is 0 Å². The number of benzene rings is 2. The lowest BCUT2D eigenvalue weighted by Crippen LogP contribution is -2.13. The lowest BCUT2D eigenvalue weighted by Gasteiger charge is -2.12. The third kappa shape index (κ3) is 5.69. The van der Waals surface area contributed by atoms with Gasteiger partial charge in [-0.1, -0.05) is 6.92 Å². The number of hydrogen-bond acceptors (Lipinski definition) is 4. The van der Waals surface area contributed by atoms with Crippen LogP contribution in [0.2, 0.25) is 0 Å². The zero-order valence-corrected chi connectivity index (χ0v) is 15.9. The molecule has 0 spiro atoms. The number of ether oxygens (including phenoxy) is 3. The van der Waals surface area contributed by atoms with Gasteiger partial charge in [0.05, 0.1) is 20.8 Å². The minimum Gasteiger partial charge on any atom is -0.497 e. The maximum Gasteiger partial charge on any atom is 0.224 e. The summed E-state index contributed by atoms with van der Waals surface area (Å²) in [7, 11) is 3.23. The number of anilines is 1. The van der Waals surface area contributed by atoms with Gasteiger partial charge in [-0.15, -0.1) is 0 Å². The quantitative estimate of drug-likeness (QED) is 0.724. The molecule has 0 saturated heterocycles. The molecular weight excluding hydrogens is 330 g/mol. The number of hydrogen-bond donors (Lipinski definition) is 1. The van der Waals surface area contributed by atoms with Crippen molar-refractivity contribution in [3.63, 3.8) is 0 Å². The molecule has 2 aromatic rings. The lowest BCUT2D eigenvalue weighted by atomic mass is 10.1. The molecule has 5 heteroatoms. The molecule has 0 bridgehead atoms. The van der Waals surface area contributed by atoms with Crippen molar-refractivity contribution >= 4 is 11.6 Å². The second kappa shape index (κ2) is 9.70. The van der Waals surface area contributed by atoms with E-state index in [1.807, 2.05) is 43.3 Å². The van der Waals surface area contributed by atoms with Crippen LogP contribution in [0, 0.1) is 6.92 Å². The van der Waals surface area contributed by atoms with Crippen LogP contribution in [-0.2, 0) is 11.2 Å². The van der Waals surface area contributed by atoms with Crippen LogP contribution in [0.5, 0.6) is 17.2 Å². The molecule has 5 nitrogen and oxygen atoms in total. The normalized spacial score (nSPS) is 10.3. The molecule has 140 valence electrons. The second-order valence-corrected chi connectivity index (χ2v) is 6.09. The van der Waals surface area contributed by atoms with Crippen LogP contribution in [0.4, 0.5) is 5.69 Å². The molecule has 0 heterocycles. The molecule has 1 N–H and O–H groups in total. The van der Waals surface area contributed by atoms with Gasteiger partial charge in [-0.3, -0.25) is 4.79 Å². The van der Waals surface area contributed by atoms with Crippen molar-refractivity contribution in [2.24, 2.45) is 0 Å². The maximum absolute atomic E-state index is 12.3. The van der Waals surface area contributed by atoms with Crippen LogP contribution in [0.15, 0.2) is 36.4 Å². The van der Waals surface area contributed by atoms with Crippen LogP contribution in [0.25, 0.3) is 0 Å². The summed E-state index contributed by atoms with van der Waals surface area (Å²) in [5, 5.41) is 2.96. The van der Waals surface area contributed by atoms with Crippen molar-refractivity contribution < 1.29 is 19.0 Å². The van der Waals surface area contributed by atoms with Crippen LogP contribution < -0.4 is 19.5 Å². The first-order chi connectivity index (χ1) is 12.5. The van der Waals surface area contributed by atoms with Gasteiger partial charge in [0.15, 0.2) is 0 Å². The Balaban J connectivity index is 1.95. The standard InChI is InChI=1S/C21H27NO4/c1-5-10-26-17-7-8-20(15(2)11-17)22-21(23)9-6-16-12-18(24-3)14-19(13-16)25-4/h7-8,11-14H,5-6,9-10H2,1-4H3,(H,22,23). The summed E-state index contributed by atoms with van der Waals surface area (Å²) in [6, 6.07) is 11.4. The van der Waals surface area contributed by atoms with E-state index in [-0.39, 0.29) is 5.91 Å². The van der Waals surface area contributed by atoms with Gasteiger partial charge in [0.25, 0.3) is 0 Å². The molecule has 0 fully saturated rings. The van der Waals surface area contributed by atoms with E-state index in [0.717, 1.165) is 40.5 Å². The topological polar surface area (TPSA) is 56.8 Å². The van der Waals surface area contributed by atoms with Crippen molar-refractivity contribution in [3.8, 4) is 17.2 Å². The Hall–Kier alpha value is -2.69. The van der Waals surface area contributed by atoms with Gasteiger partial charge >= 0.3 is 0 Å². The zero-order valence-electron chi connectivity index (χ0n) is 15.9. The maximum atomic E-state index is 12.3. The second-order valence-electron chi connectivity index (χ2n) is 6.09. The highest BCUT2D eigenvalue weighted by molar-refractivity contribution is 5.91. The van der Waals surface area contributed by atoms with Crippen molar-refractivity contribution in [1.82, 2.24) is 0 Å².